The van der Waals surface area contributed by atoms with Gasteiger partial charge in [0, 0.05) is 13.5 Å². The van der Waals surface area contributed by atoms with E-state index in [0.717, 1.165) is 16.7 Å². The Balaban J connectivity index is 1.80. The number of nitrogens with zero attached hydrogens (tertiary/aromatic N) is 1. The normalized spacial score (nSPS) is 10.6. The van der Waals surface area contributed by atoms with Crippen molar-refractivity contribution in [1.29, 1.82) is 0 Å². The lowest BCUT2D eigenvalue weighted by Crippen LogP contribution is -2.32. The van der Waals surface area contributed by atoms with Crippen LogP contribution in [-0.4, -0.2) is 39.2 Å². The zero-order valence-electron chi connectivity index (χ0n) is 18.5. The lowest BCUT2D eigenvalue weighted by atomic mass is 9.97. The zero-order chi connectivity index (χ0) is 22.2. The molecule has 0 bridgehead atoms. The number of methoxy groups -OCH3 is 3. The Morgan fingerprint density at radius 3 is 1.71 bits per heavy atom. The second-order valence-electron chi connectivity index (χ2n) is 7.26. The van der Waals surface area contributed by atoms with E-state index in [-0.39, 0.29) is 11.9 Å². The van der Waals surface area contributed by atoms with Crippen LogP contribution in [0.5, 0.6) is 17.2 Å². The second kappa shape index (κ2) is 10.5. The summed E-state index contributed by atoms with van der Waals surface area (Å²) in [6.07, 6.45) is 0.932. The van der Waals surface area contributed by atoms with E-state index in [1.807, 2.05) is 60.5 Å². The molecule has 0 saturated heterocycles. The van der Waals surface area contributed by atoms with Crippen molar-refractivity contribution in [2.75, 3.05) is 28.4 Å². The van der Waals surface area contributed by atoms with Crippen molar-refractivity contribution < 1.29 is 19.0 Å². The minimum absolute atomic E-state index is 0.0615. The van der Waals surface area contributed by atoms with E-state index < -0.39 is 0 Å². The Kier molecular flexibility index (Phi) is 7.55. The van der Waals surface area contributed by atoms with Gasteiger partial charge < -0.3 is 19.1 Å². The van der Waals surface area contributed by atoms with Crippen molar-refractivity contribution in [2.45, 2.75) is 18.9 Å². The fourth-order valence-corrected chi connectivity index (χ4v) is 3.76. The standard InChI is InChI=1S/C26H29NO4/c1-27(25(20-11-7-5-8-12-20)21-13-9-6-10-14-21)24(28)16-15-19-17-22(29-2)26(31-4)23(18-19)30-3/h5-14,17-18,25H,15-16H2,1-4H3. The largest absolute Gasteiger partial charge is 0.493 e. The second-order valence-corrected chi connectivity index (χ2v) is 7.26. The van der Waals surface area contributed by atoms with Gasteiger partial charge in [-0.1, -0.05) is 60.7 Å². The first kappa shape index (κ1) is 22.2. The molecule has 0 atom stereocenters. The van der Waals surface area contributed by atoms with Crippen LogP contribution in [0.15, 0.2) is 72.8 Å². The molecule has 0 heterocycles. The summed E-state index contributed by atoms with van der Waals surface area (Å²) in [5.74, 6) is 1.78. The molecule has 3 aromatic carbocycles. The number of ether oxygens (including phenoxy) is 3. The summed E-state index contributed by atoms with van der Waals surface area (Å²) in [5, 5.41) is 0. The van der Waals surface area contributed by atoms with Crippen LogP contribution in [0.25, 0.3) is 0 Å². The van der Waals surface area contributed by atoms with Crippen molar-refractivity contribution in [3.8, 4) is 17.2 Å². The van der Waals surface area contributed by atoms with Crippen molar-refractivity contribution >= 4 is 5.91 Å². The number of aryl methyl sites for hydroxylation is 1. The number of hydrogen-bond acceptors (Lipinski definition) is 4. The van der Waals surface area contributed by atoms with Crippen molar-refractivity contribution in [2.24, 2.45) is 0 Å². The van der Waals surface area contributed by atoms with E-state index in [2.05, 4.69) is 24.3 Å². The summed E-state index contributed by atoms with van der Waals surface area (Å²) in [6.45, 7) is 0. The fraction of sp³-hybridized carbons (Fsp3) is 0.269. The van der Waals surface area contributed by atoms with E-state index in [1.165, 1.54) is 0 Å². The van der Waals surface area contributed by atoms with Gasteiger partial charge in [-0.3, -0.25) is 4.79 Å². The molecule has 5 nitrogen and oxygen atoms in total. The maximum absolute atomic E-state index is 13.2. The highest BCUT2D eigenvalue weighted by atomic mass is 16.5. The van der Waals surface area contributed by atoms with Gasteiger partial charge in [-0.25, -0.2) is 0 Å². The van der Waals surface area contributed by atoms with Gasteiger partial charge in [-0.05, 0) is 35.2 Å². The summed E-state index contributed by atoms with van der Waals surface area (Å²) in [6, 6.07) is 23.8. The molecule has 3 aromatic rings. The van der Waals surface area contributed by atoms with Gasteiger partial charge in [0.25, 0.3) is 0 Å². The van der Waals surface area contributed by atoms with Crippen LogP contribution >= 0.6 is 0 Å². The zero-order valence-corrected chi connectivity index (χ0v) is 18.5. The van der Waals surface area contributed by atoms with Gasteiger partial charge in [0.1, 0.15) is 0 Å². The SMILES string of the molecule is COc1cc(CCC(=O)N(C)C(c2ccccc2)c2ccccc2)cc(OC)c1OC. The monoisotopic (exact) mass is 419 g/mol. The number of amides is 1. The molecule has 0 aromatic heterocycles. The van der Waals surface area contributed by atoms with Crippen molar-refractivity contribution in [1.82, 2.24) is 4.90 Å². The molecule has 0 spiro atoms. The maximum Gasteiger partial charge on any atom is 0.223 e. The summed E-state index contributed by atoms with van der Waals surface area (Å²) < 4.78 is 16.2. The Bertz CT molecular complexity index is 924. The van der Waals surface area contributed by atoms with Crippen molar-refractivity contribution in [3.05, 3.63) is 89.5 Å². The number of carbonyl (C=O) groups is 1. The molecule has 0 radical (unpaired) electrons. The molecule has 0 unspecified atom stereocenters. The third kappa shape index (κ3) is 5.18. The Morgan fingerprint density at radius 2 is 1.29 bits per heavy atom. The van der Waals surface area contributed by atoms with Gasteiger partial charge in [0.15, 0.2) is 11.5 Å². The maximum atomic E-state index is 13.2. The molecule has 5 heteroatoms. The number of rotatable bonds is 9. The molecule has 0 aliphatic rings. The molecule has 0 aliphatic heterocycles. The fourth-order valence-electron chi connectivity index (χ4n) is 3.76. The molecular formula is C26H29NO4. The van der Waals surface area contributed by atoms with Gasteiger partial charge in [-0.2, -0.15) is 0 Å². The van der Waals surface area contributed by atoms with E-state index in [9.17, 15) is 4.79 Å². The van der Waals surface area contributed by atoms with Crippen LogP contribution in [0.2, 0.25) is 0 Å². The quantitative estimate of drug-likeness (QED) is 0.495. The van der Waals surface area contributed by atoms with E-state index in [1.54, 1.807) is 21.3 Å². The molecular weight excluding hydrogens is 390 g/mol. The molecule has 0 aliphatic carbocycles. The van der Waals surface area contributed by atoms with Crippen LogP contribution in [0.3, 0.4) is 0 Å². The molecule has 31 heavy (non-hydrogen) atoms. The van der Waals surface area contributed by atoms with E-state index >= 15 is 0 Å². The van der Waals surface area contributed by atoms with Crippen LogP contribution in [-0.2, 0) is 11.2 Å². The lowest BCUT2D eigenvalue weighted by Gasteiger charge is -2.29. The summed E-state index contributed by atoms with van der Waals surface area (Å²) in [5.41, 5.74) is 3.11. The molecule has 0 saturated carbocycles. The minimum atomic E-state index is -0.144. The highest BCUT2D eigenvalue weighted by Gasteiger charge is 2.23. The minimum Gasteiger partial charge on any atom is -0.493 e. The van der Waals surface area contributed by atoms with Crippen LogP contribution in [0, 0.1) is 0 Å². The molecule has 0 N–H and O–H groups in total. The lowest BCUT2D eigenvalue weighted by molar-refractivity contribution is -0.131. The van der Waals surface area contributed by atoms with Gasteiger partial charge in [-0.15, -0.1) is 0 Å². The van der Waals surface area contributed by atoms with E-state index in [0.29, 0.717) is 30.1 Å². The Labute approximate surface area is 184 Å². The van der Waals surface area contributed by atoms with Crippen LogP contribution in [0.1, 0.15) is 29.2 Å². The molecule has 162 valence electrons. The Morgan fingerprint density at radius 1 is 0.806 bits per heavy atom. The van der Waals surface area contributed by atoms with Gasteiger partial charge in [0.2, 0.25) is 11.7 Å². The first-order valence-corrected chi connectivity index (χ1v) is 10.2. The Hall–Kier alpha value is -3.47. The predicted molar refractivity (Wildman–Crippen MR) is 122 cm³/mol. The average Bonchev–Trinajstić information content (AvgIpc) is 2.83. The topological polar surface area (TPSA) is 48.0 Å². The predicted octanol–water partition coefficient (Wildman–Crippen LogP) is 4.89. The number of hydrogen-bond donors (Lipinski definition) is 0. The number of carbonyl (C=O) groups excluding carboxylic acids is 1. The third-order valence-electron chi connectivity index (χ3n) is 5.36. The van der Waals surface area contributed by atoms with Gasteiger partial charge >= 0.3 is 0 Å². The highest BCUT2D eigenvalue weighted by Crippen LogP contribution is 2.38. The first-order chi connectivity index (χ1) is 15.1. The average molecular weight is 420 g/mol. The van der Waals surface area contributed by atoms with Crippen LogP contribution in [0.4, 0.5) is 0 Å². The molecule has 0 fully saturated rings. The van der Waals surface area contributed by atoms with Crippen LogP contribution < -0.4 is 14.2 Å². The van der Waals surface area contributed by atoms with Gasteiger partial charge in [0.05, 0.1) is 27.4 Å². The first-order valence-electron chi connectivity index (χ1n) is 10.2. The molecule has 1 amide bonds. The van der Waals surface area contributed by atoms with E-state index in [4.69, 9.17) is 14.2 Å². The summed E-state index contributed by atoms with van der Waals surface area (Å²) in [7, 11) is 6.61. The summed E-state index contributed by atoms with van der Waals surface area (Å²) >= 11 is 0. The smallest absolute Gasteiger partial charge is 0.223 e. The molecule has 3 rings (SSSR count). The van der Waals surface area contributed by atoms with Crippen molar-refractivity contribution in [3.63, 3.8) is 0 Å². The highest BCUT2D eigenvalue weighted by molar-refractivity contribution is 5.77. The summed E-state index contributed by atoms with van der Waals surface area (Å²) in [4.78, 5) is 15.0. The third-order valence-corrected chi connectivity index (χ3v) is 5.36. The number of benzene rings is 3.